The molecule has 518 valence electrons. The molecule has 0 saturated heterocycles. The minimum atomic E-state index is -0.354. The van der Waals surface area contributed by atoms with E-state index < -0.39 is 0 Å². The third kappa shape index (κ3) is 19.4. The summed E-state index contributed by atoms with van der Waals surface area (Å²) in [6.45, 7) is 2.27. The fourth-order valence-electron chi connectivity index (χ4n) is 12.7. The minimum absolute atomic E-state index is 0. The average molecular weight is 1410 g/mol. The number of nitrogens with zero attached hydrogens (tertiary/aromatic N) is 5. The van der Waals surface area contributed by atoms with Gasteiger partial charge in [-0.25, -0.2) is 23.7 Å². The summed E-state index contributed by atoms with van der Waals surface area (Å²) in [6, 6.07) is 49.0. The molecule has 18 heteroatoms. The van der Waals surface area contributed by atoms with E-state index in [-0.39, 0.29) is 60.8 Å². The van der Waals surface area contributed by atoms with Gasteiger partial charge in [0.15, 0.2) is 37.2 Å². The molecular formula is C83H86Cl3N11O4. The molecule has 0 unspecified atom stereocenters. The van der Waals surface area contributed by atoms with Crippen molar-refractivity contribution >= 4 is 92.7 Å². The van der Waals surface area contributed by atoms with Gasteiger partial charge in [-0.05, 0) is 162 Å². The van der Waals surface area contributed by atoms with E-state index in [1.165, 1.54) is 77.0 Å². The van der Waals surface area contributed by atoms with Crippen LogP contribution in [0.3, 0.4) is 0 Å². The van der Waals surface area contributed by atoms with Crippen LogP contribution in [0, 0.1) is 0 Å². The molecule has 8 heterocycles. The van der Waals surface area contributed by atoms with Crippen LogP contribution in [-0.4, -0.2) is 43.6 Å². The SMILES string of the molecule is CCCCCCCCCCCCCCCCCC(=O)Nc1ccc(C(=O)Nc2ccc(C(=O)Nc3ccc(C(=O)Nc4ccc(-c5c6nc(c(-c7cc[n+](C)cc7)c7ccc([nH]7)c(-c7cc[n+](C)cc7)c7nc(c(-c8cc[n+](C)cc8)c8ccc5[nH]8)C=C7)C=C6)cc4)cc3)cc2)cc1.[Cl-].[Cl-].[Cl-]. The monoisotopic (exact) mass is 1410 g/mol. The summed E-state index contributed by atoms with van der Waals surface area (Å²) >= 11 is 0. The molecule has 2 aliphatic heterocycles. The number of aromatic nitrogens is 7. The largest absolute Gasteiger partial charge is 1.00 e. The van der Waals surface area contributed by atoms with Crippen LogP contribution < -0.4 is 72.2 Å². The number of pyridine rings is 3. The van der Waals surface area contributed by atoms with Gasteiger partial charge in [0.2, 0.25) is 5.91 Å². The number of unbranched alkanes of at least 4 members (excludes halogenated alkanes) is 14. The number of H-pyrrole nitrogens is 2. The maximum atomic E-state index is 13.8. The number of carbonyl (C=O) groups excluding carboxylic acids is 4. The summed E-state index contributed by atoms with van der Waals surface area (Å²) in [4.78, 5) is 71.7. The van der Waals surface area contributed by atoms with Gasteiger partial charge >= 0.3 is 0 Å². The lowest BCUT2D eigenvalue weighted by atomic mass is 10.0. The molecule has 0 radical (unpaired) electrons. The number of amides is 4. The second-order valence-electron chi connectivity index (χ2n) is 25.7. The van der Waals surface area contributed by atoms with Gasteiger partial charge in [-0.15, -0.1) is 0 Å². The van der Waals surface area contributed by atoms with Crippen LogP contribution in [0.4, 0.5) is 22.7 Å². The van der Waals surface area contributed by atoms with Crippen molar-refractivity contribution in [3.63, 3.8) is 0 Å². The lowest BCUT2D eigenvalue weighted by Crippen LogP contribution is -3.00. The van der Waals surface area contributed by atoms with Crippen LogP contribution >= 0.6 is 0 Å². The highest BCUT2D eigenvalue weighted by Gasteiger charge is 2.21. The van der Waals surface area contributed by atoms with E-state index in [0.29, 0.717) is 45.9 Å². The molecule has 8 bridgehead atoms. The number of aryl methyl sites for hydroxylation is 3. The molecule has 6 N–H and O–H groups in total. The van der Waals surface area contributed by atoms with Gasteiger partial charge in [0.25, 0.3) is 17.7 Å². The lowest BCUT2D eigenvalue weighted by Gasteiger charge is -2.10. The molecule has 10 aromatic rings. The predicted octanol–water partition coefficient (Wildman–Crippen LogP) is 8.77. The number of aromatic amines is 2. The molecule has 12 rings (SSSR count). The zero-order valence-electron chi connectivity index (χ0n) is 57.6. The van der Waals surface area contributed by atoms with Crippen LogP contribution in [-0.2, 0) is 25.9 Å². The number of rotatable bonds is 27. The van der Waals surface area contributed by atoms with Gasteiger partial charge < -0.3 is 68.5 Å². The van der Waals surface area contributed by atoms with Crippen molar-refractivity contribution in [2.24, 2.45) is 21.1 Å². The quantitative estimate of drug-likeness (QED) is 0.0221. The van der Waals surface area contributed by atoms with Crippen molar-refractivity contribution in [2.45, 2.75) is 110 Å². The highest BCUT2D eigenvalue weighted by molar-refractivity contribution is 6.08. The maximum Gasteiger partial charge on any atom is 0.255 e. The van der Waals surface area contributed by atoms with E-state index in [9.17, 15) is 19.2 Å². The van der Waals surface area contributed by atoms with Crippen LogP contribution in [0.15, 0.2) is 195 Å². The normalized spacial score (nSPS) is 11.2. The smallest absolute Gasteiger partial charge is 0.255 e. The molecule has 0 spiro atoms. The summed E-state index contributed by atoms with van der Waals surface area (Å²) in [7, 11) is 6.03. The second kappa shape index (κ2) is 36.1. The lowest BCUT2D eigenvalue weighted by molar-refractivity contribution is -0.671. The third-order valence-electron chi connectivity index (χ3n) is 18.2. The topological polar surface area (TPSA) is 185 Å². The molecule has 4 aromatic carbocycles. The van der Waals surface area contributed by atoms with Gasteiger partial charge in [0.05, 0.1) is 22.8 Å². The van der Waals surface area contributed by atoms with Crippen LogP contribution in [0.25, 0.3) is 90.9 Å². The van der Waals surface area contributed by atoms with Crippen LogP contribution in [0.2, 0.25) is 0 Å². The summed E-state index contributed by atoms with van der Waals surface area (Å²) in [5.41, 5.74) is 17.8. The van der Waals surface area contributed by atoms with Crippen LogP contribution in [0.1, 0.15) is 164 Å². The fourth-order valence-corrected chi connectivity index (χ4v) is 12.7. The van der Waals surface area contributed by atoms with Gasteiger partial charge in [-0.2, -0.15) is 0 Å². The van der Waals surface area contributed by atoms with E-state index in [4.69, 9.17) is 9.97 Å². The van der Waals surface area contributed by atoms with E-state index in [1.807, 2.05) is 83.9 Å². The first-order valence-electron chi connectivity index (χ1n) is 34.6. The Balaban J connectivity index is 0.00000396. The standard InChI is InChI=1S/C83H83N11O4.3ClH/c1-5-6-7-8-9-10-11-12-13-14-15-16-17-18-19-20-76(95)84-64-31-23-61(24-32-64)81(96)86-66-35-27-63(28-36-66)83(98)87-67-33-25-62(26-34-67)82(97)85-65-29-21-57(22-30-65)77-68-37-39-70(88-68)78(58-45-51-92(2)52-46-58)72-41-43-74(90-72)80(60-49-55-94(4)56-50-60)75-44-42-73(91-75)79(71-40-38-69(77)89-71)59-47-53-93(3)54-48-59;;;/h21-56H,5-20H2,1-4H3,(H3-2,84,85,86,87,88,89,90,91,95,96,97,98);3*1H. The average Bonchev–Trinajstić information content (AvgIpc) is 1.63. The zero-order chi connectivity index (χ0) is 67.7. The van der Waals surface area contributed by atoms with E-state index in [1.54, 1.807) is 72.8 Å². The van der Waals surface area contributed by atoms with Crippen molar-refractivity contribution in [3.05, 3.63) is 234 Å². The van der Waals surface area contributed by atoms with Crippen molar-refractivity contribution in [1.29, 1.82) is 0 Å². The molecule has 0 aliphatic carbocycles. The summed E-state index contributed by atoms with van der Waals surface area (Å²) in [5, 5.41) is 11.8. The van der Waals surface area contributed by atoms with Crippen molar-refractivity contribution in [1.82, 2.24) is 19.9 Å². The Morgan fingerprint density at radius 3 is 0.851 bits per heavy atom. The summed E-state index contributed by atoms with van der Waals surface area (Å²) < 4.78 is 6.07. The molecule has 0 saturated carbocycles. The Labute approximate surface area is 610 Å². The minimum Gasteiger partial charge on any atom is -1.00 e. The Kier molecular flexibility index (Phi) is 26.8. The number of hydrogen-bond donors (Lipinski definition) is 6. The van der Waals surface area contributed by atoms with Gasteiger partial charge in [0.1, 0.15) is 21.1 Å². The number of hydrogen-bond acceptors (Lipinski definition) is 6. The van der Waals surface area contributed by atoms with E-state index in [2.05, 4.69) is 136 Å². The Bertz CT molecular complexity index is 4680. The third-order valence-corrected chi connectivity index (χ3v) is 18.2. The zero-order valence-corrected chi connectivity index (χ0v) is 59.9. The van der Waals surface area contributed by atoms with Crippen LogP contribution in [0.5, 0.6) is 0 Å². The van der Waals surface area contributed by atoms with Crippen molar-refractivity contribution < 1.29 is 70.1 Å². The molecule has 4 amide bonds. The number of carbonyl (C=O) groups is 4. The molecule has 2 aliphatic rings. The Morgan fingerprint density at radius 1 is 0.317 bits per heavy atom. The number of anilines is 4. The first kappa shape index (κ1) is 74.9. The van der Waals surface area contributed by atoms with Gasteiger partial charge in [-0.3, -0.25) is 19.2 Å². The Morgan fingerprint density at radius 2 is 0.564 bits per heavy atom. The molecule has 0 atom stereocenters. The van der Waals surface area contributed by atoms with E-state index in [0.717, 1.165) is 109 Å². The predicted molar refractivity (Wildman–Crippen MR) is 395 cm³/mol. The first-order valence-corrected chi connectivity index (χ1v) is 34.6. The summed E-state index contributed by atoms with van der Waals surface area (Å²) in [5.74, 6) is -1.01. The first-order chi connectivity index (χ1) is 47.9. The highest BCUT2D eigenvalue weighted by Crippen LogP contribution is 2.39. The van der Waals surface area contributed by atoms with Gasteiger partial charge in [0, 0.05) is 127 Å². The second-order valence-corrected chi connectivity index (χ2v) is 25.7. The van der Waals surface area contributed by atoms with Crippen molar-refractivity contribution in [2.75, 3.05) is 21.3 Å². The molecule has 0 fully saturated rings. The molecule has 101 heavy (non-hydrogen) atoms. The highest BCUT2D eigenvalue weighted by atomic mass is 35.5. The molecule has 6 aromatic heterocycles. The number of fused-ring (bicyclic) bond motifs is 8. The van der Waals surface area contributed by atoms with E-state index >= 15 is 0 Å². The van der Waals surface area contributed by atoms with Crippen molar-refractivity contribution in [3.8, 4) is 44.5 Å². The molecular weight excluding hydrogens is 1320 g/mol. The number of nitrogens with one attached hydrogen (secondary N) is 6. The fraction of sp³-hybridized carbons (Fsp3) is 0.241. The Hall–Kier alpha value is -10.3. The molecule has 15 nitrogen and oxygen atoms in total. The maximum absolute atomic E-state index is 13.8. The van der Waals surface area contributed by atoms with Gasteiger partial charge in [-0.1, -0.05) is 109 Å². The summed E-state index contributed by atoms with van der Waals surface area (Å²) in [6.07, 6.45) is 40.3. The number of benzene rings is 4. The number of halogens is 3.